The molecular formula is C4H6Br. The Bertz CT molecular complexity index is 30.6. The van der Waals surface area contributed by atoms with Gasteiger partial charge < -0.3 is 0 Å². The Hall–Kier alpha value is 0.220. The summed E-state index contributed by atoms with van der Waals surface area (Å²) in [5, 5.41) is 0.920. The highest BCUT2D eigenvalue weighted by molar-refractivity contribution is 9.09. The number of allylic oxidation sites excluding steroid dienone is 2. The van der Waals surface area contributed by atoms with E-state index in [2.05, 4.69) is 22.0 Å². The van der Waals surface area contributed by atoms with Gasteiger partial charge >= 0.3 is 0 Å². The van der Waals surface area contributed by atoms with Crippen LogP contribution in [-0.2, 0) is 0 Å². The summed E-state index contributed by atoms with van der Waals surface area (Å²) >= 11 is 3.19. The zero-order chi connectivity index (χ0) is 4.12. The number of alkyl halides is 1. The molecule has 0 aliphatic heterocycles. The summed E-state index contributed by atoms with van der Waals surface area (Å²) in [5.74, 6) is 0. The van der Waals surface area contributed by atoms with Crippen LogP contribution in [0.2, 0.25) is 0 Å². The fraction of sp³-hybridized carbons (Fsp3) is 0.500. The van der Waals surface area contributed by atoms with Crippen LogP contribution in [0, 0.1) is 6.08 Å². The normalized spacial score (nSPS) is 10.0. The lowest BCUT2D eigenvalue weighted by molar-refractivity contribution is 1.60. The van der Waals surface area contributed by atoms with Gasteiger partial charge in [-0.25, -0.2) is 0 Å². The molecule has 0 unspecified atom stereocenters. The van der Waals surface area contributed by atoms with Crippen LogP contribution in [0.5, 0.6) is 0 Å². The molecule has 0 saturated heterocycles. The largest absolute Gasteiger partial charge is 0.0883 e. The van der Waals surface area contributed by atoms with Crippen molar-refractivity contribution in [2.24, 2.45) is 0 Å². The molecule has 0 aromatic heterocycles. The molecule has 0 rings (SSSR count). The molecule has 0 spiro atoms. The standard InChI is InChI=1S/C4H6Br/c1-2-3-4-5/h3H,4H2,1H3. The van der Waals surface area contributed by atoms with Crippen LogP contribution in [0.25, 0.3) is 0 Å². The average molecular weight is 134 g/mol. The fourth-order valence-electron chi connectivity index (χ4n) is 0.0772. The number of hydrogen-bond acceptors (Lipinski definition) is 0. The third kappa shape index (κ3) is 4.22. The van der Waals surface area contributed by atoms with Crippen molar-refractivity contribution in [2.45, 2.75) is 6.92 Å². The Morgan fingerprint density at radius 1 is 2.00 bits per heavy atom. The molecule has 5 heavy (non-hydrogen) atoms. The second-order valence-corrected chi connectivity index (χ2v) is 1.29. The maximum absolute atomic E-state index is 3.19. The van der Waals surface area contributed by atoms with Gasteiger partial charge in [-0.3, -0.25) is 0 Å². The first-order chi connectivity index (χ1) is 2.41. The van der Waals surface area contributed by atoms with E-state index in [4.69, 9.17) is 0 Å². The van der Waals surface area contributed by atoms with E-state index in [-0.39, 0.29) is 0 Å². The molecule has 0 aromatic carbocycles. The highest BCUT2D eigenvalue weighted by Gasteiger charge is 1.55. The minimum atomic E-state index is 0.920. The van der Waals surface area contributed by atoms with Crippen LogP contribution < -0.4 is 0 Å². The van der Waals surface area contributed by atoms with Crippen molar-refractivity contribution in [3.8, 4) is 0 Å². The van der Waals surface area contributed by atoms with Crippen molar-refractivity contribution in [3.05, 3.63) is 12.2 Å². The minimum absolute atomic E-state index is 0.920. The predicted octanol–water partition coefficient (Wildman–Crippen LogP) is 1.76. The highest BCUT2D eigenvalue weighted by atomic mass is 79.9. The van der Waals surface area contributed by atoms with Crippen LogP contribution >= 0.6 is 15.9 Å². The molecular weight excluding hydrogens is 128 g/mol. The maximum Gasteiger partial charge on any atom is 0.0217 e. The first-order valence-electron chi connectivity index (χ1n) is 1.46. The van der Waals surface area contributed by atoms with Crippen molar-refractivity contribution in [2.75, 3.05) is 5.33 Å². The topological polar surface area (TPSA) is 0 Å². The van der Waals surface area contributed by atoms with Gasteiger partial charge in [0.05, 0.1) is 0 Å². The van der Waals surface area contributed by atoms with Gasteiger partial charge in [0.1, 0.15) is 0 Å². The predicted molar refractivity (Wildman–Crippen MR) is 27.3 cm³/mol. The van der Waals surface area contributed by atoms with Crippen molar-refractivity contribution in [1.29, 1.82) is 0 Å². The van der Waals surface area contributed by atoms with Gasteiger partial charge in [0.2, 0.25) is 0 Å². The van der Waals surface area contributed by atoms with Crippen LogP contribution in [-0.4, -0.2) is 5.33 Å². The second kappa shape index (κ2) is 4.22. The molecule has 29 valence electrons. The van der Waals surface area contributed by atoms with Crippen LogP contribution in [0.1, 0.15) is 6.92 Å². The Labute approximate surface area is 41.0 Å². The molecule has 0 atom stereocenters. The van der Waals surface area contributed by atoms with Crippen molar-refractivity contribution < 1.29 is 0 Å². The summed E-state index contributed by atoms with van der Waals surface area (Å²) in [6.07, 6.45) is 4.76. The number of halogens is 1. The molecule has 0 aromatic rings. The lowest BCUT2D eigenvalue weighted by atomic mass is 10.6. The third-order valence-corrected chi connectivity index (χ3v) is 0.605. The van der Waals surface area contributed by atoms with E-state index in [9.17, 15) is 0 Å². The quantitative estimate of drug-likeness (QED) is 0.479. The van der Waals surface area contributed by atoms with Crippen LogP contribution in [0.15, 0.2) is 6.08 Å². The van der Waals surface area contributed by atoms with E-state index in [0.717, 1.165) is 5.33 Å². The second-order valence-electron chi connectivity index (χ2n) is 0.647. The van der Waals surface area contributed by atoms with E-state index in [1.807, 2.05) is 13.0 Å². The molecule has 0 N–H and O–H groups in total. The fourth-order valence-corrected chi connectivity index (χ4v) is 0.401. The Kier molecular flexibility index (Phi) is 4.41. The summed E-state index contributed by atoms with van der Waals surface area (Å²) in [6, 6.07) is 0. The first-order valence-corrected chi connectivity index (χ1v) is 2.59. The van der Waals surface area contributed by atoms with Crippen molar-refractivity contribution in [3.63, 3.8) is 0 Å². The lowest BCUT2D eigenvalue weighted by Crippen LogP contribution is -1.50. The van der Waals surface area contributed by atoms with Gasteiger partial charge in [0.25, 0.3) is 0 Å². The molecule has 0 bridgehead atoms. The first kappa shape index (κ1) is 5.22. The minimum Gasteiger partial charge on any atom is -0.0883 e. The van der Waals surface area contributed by atoms with E-state index in [1.54, 1.807) is 0 Å². The average Bonchev–Trinajstić information content (AvgIpc) is 1.41. The van der Waals surface area contributed by atoms with Crippen molar-refractivity contribution >= 4 is 15.9 Å². The molecule has 1 heteroatoms. The van der Waals surface area contributed by atoms with Gasteiger partial charge in [-0.05, 0) is 6.92 Å². The van der Waals surface area contributed by atoms with E-state index in [0.29, 0.717) is 0 Å². The van der Waals surface area contributed by atoms with Gasteiger partial charge in [-0.15, -0.1) is 0 Å². The zero-order valence-electron chi connectivity index (χ0n) is 3.16. The number of hydrogen-bond donors (Lipinski definition) is 0. The molecule has 0 nitrogen and oxygen atoms in total. The summed E-state index contributed by atoms with van der Waals surface area (Å²) in [5.41, 5.74) is 0. The summed E-state index contributed by atoms with van der Waals surface area (Å²) in [4.78, 5) is 0. The number of rotatable bonds is 1. The van der Waals surface area contributed by atoms with E-state index < -0.39 is 0 Å². The Morgan fingerprint density at radius 3 is 2.60 bits per heavy atom. The van der Waals surface area contributed by atoms with Crippen molar-refractivity contribution in [1.82, 2.24) is 0 Å². The molecule has 1 radical (unpaired) electrons. The molecule has 0 amide bonds. The smallest absolute Gasteiger partial charge is 0.0217 e. The summed E-state index contributed by atoms with van der Waals surface area (Å²) in [6.45, 7) is 1.88. The molecule has 0 aliphatic rings. The Morgan fingerprint density at radius 2 is 2.60 bits per heavy atom. The van der Waals surface area contributed by atoms with E-state index in [1.165, 1.54) is 0 Å². The molecule has 0 fully saturated rings. The van der Waals surface area contributed by atoms with Gasteiger partial charge in [0.15, 0.2) is 0 Å². The zero-order valence-corrected chi connectivity index (χ0v) is 4.75. The molecule has 0 heterocycles. The van der Waals surface area contributed by atoms with Gasteiger partial charge in [-0.2, -0.15) is 0 Å². The van der Waals surface area contributed by atoms with E-state index >= 15 is 0 Å². The highest BCUT2D eigenvalue weighted by Crippen LogP contribution is 1.77. The lowest BCUT2D eigenvalue weighted by Gasteiger charge is -1.62. The monoisotopic (exact) mass is 133 g/mol. The SMILES string of the molecule is C/[C]=C/CBr. The third-order valence-electron chi connectivity index (χ3n) is 0.281. The molecule has 0 saturated carbocycles. The van der Waals surface area contributed by atoms with Gasteiger partial charge in [0, 0.05) is 5.33 Å². The summed E-state index contributed by atoms with van der Waals surface area (Å²) in [7, 11) is 0. The Balaban J connectivity index is 2.62. The van der Waals surface area contributed by atoms with Crippen LogP contribution in [0.4, 0.5) is 0 Å². The van der Waals surface area contributed by atoms with Gasteiger partial charge in [-0.1, -0.05) is 28.1 Å². The molecule has 0 aliphatic carbocycles. The summed E-state index contributed by atoms with van der Waals surface area (Å²) < 4.78 is 0. The maximum atomic E-state index is 3.19. The van der Waals surface area contributed by atoms with Crippen LogP contribution in [0.3, 0.4) is 0 Å².